The molecule has 0 radical (unpaired) electrons. The van der Waals surface area contributed by atoms with Gasteiger partial charge in [0.2, 0.25) is 10.0 Å². The van der Waals surface area contributed by atoms with Gasteiger partial charge in [0, 0.05) is 32.2 Å². The van der Waals surface area contributed by atoms with Crippen molar-refractivity contribution < 1.29 is 8.42 Å². The van der Waals surface area contributed by atoms with Gasteiger partial charge in [0.25, 0.3) is 0 Å². The number of hydrogen-bond donors (Lipinski definition) is 3. The minimum atomic E-state index is -3.26. The maximum atomic E-state index is 11.4. The summed E-state index contributed by atoms with van der Waals surface area (Å²) in [6.07, 6.45) is 3.78. The maximum Gasteiger partial charge on any atom is 0.209 e. The Morgan fingerprint density at radius 3 is 2.21 bits per heavy atom. The highest BCUT2D eigenvalue weighted by Crippen LogP contribution is 2.13. The highest BCUT2D eigenvalue weighted by molar-refractivity contribution is 14.0. The Balaban J connectivity index is 0.00000392. The second-order valence-electron chi connectivity index (χ2n) is 7.84. The van der Waals surface area contributed by atoms with Gasteiger partial charge in [-0.2, -0.15) is 0 Å². The SMILES string of the molecule is CN=C(NCc1ccc(CN2CCCC2)cc1)NCC(C)(C)NS(C)(=O)=O.I. The molecule has 9 heteroatoms. The Morgan fingerprint density at radius 2 is 1.68 bits per heavy atom. The third-order valence-electron chi connectivity index (χ3n) is 4.47. The molecule has 28 heavy (non-hydrogen) atoms. The van der Waals surface area contributed by atoms with Gasteiger partial charge in [-0.15, -0.1) is 24.0 Å². The molecule has 1 aromatic rings. The Labute approximate surface area is 186 Å². The van der Waals surface area contributed by atoms with Crippen molar-refractivity contribution in [1.29, 1.82) is 0 Å². The Hall–Kier alpha value is -0.910. The maximum absolute atomic E-state index is 11.4. The molecule has 7 nitrogen and oxygen atoms in total. The van der Waals surface area contributed by atoms with Crippen LogP contribution in [-0.4, -0.2) is 57.8 Å². The Morgan fingerprint density at radius 1 is 1.11 bits per heavy atom. The van der Waals surface area contributed by atoms with E-state index in [-0.39, 0.29) is 24.0 Å². The number of guanidine groups is 1. The minimum absolute atomic E-state index is 0. The van der Waals surface area contributed by atoms with E-state index in [9.17, 15) is 8.42 Å². The molecule has 1 aliphatic rings. The topological polar surface area (TPSA) is 85.8 Å². The fourth-order valence-electron chi connectivity index (χ4n) is 3.21. The first-order chi connectivity index (χ1) is 12.7. The summed E-state index contributed by atoms with van der Waals surface area (Å²) in [5.41, 5.74) is 1.91. The van der Waals surface area contributed by atoms with E-state index in [1.54, 1.807) is 7.05 Å². The van der Waals surface area contributed by atoms with E-state index < -0.39 is 15.6 Å². The van der Waals surface area contributed by atoms with Gasteiger partial charge in [0.15, 0.2) is 5.96 Å². The zero-order chi connectivity index (χ0) is 19.9. The van der Waals surface area contributed by atoms with Gasteiger partial charge < -0.3 is 10.6 Å². The van der Waals surface area contributed by atoms with E-state index in [2.05, 4.69) is 49.5 Å². The van der Waals surface area contributed by atoms with Gasteiger partial charge in [-0.1, -0.05) is 24.3 Å². The summed E-state index contributed by atoms with van der Waals surface area (Å²) < 4.78 is 25.4. The fourth-order valence-corrected chi connectivity index (χ4v) is 4.29. The lowest BCUT2D eigenvalue weighted by atomic mass is 10.1. The largest absolute Gasteiger partial charge is 0.355 e. The quantitative estimate of drug-likeness (QED) is 0.276. The summed E-state index contributed by atoms with van der Waals surface area (Å²) in [5.74, 6) is 0.638. The molecule has 0 unspecified atom stereocenters. The first-order valence-corrected chi connectivity index (χ1v) is 11.3. The molecule has 0 atom stereocenters. The van der Waals surface area contributed by atoms with Gasteiger partial charge >= 0.3 is 0 Å². The molecule has 0 aliphatic carbocycles. The Bertz CT molecular complexity index is 729. The number of nitrogens with zero attached hydrogens (tertiary/aromatic N) is 2. The molecule has 2 rings (SSSR count). The molecule has 0 spiro atoms. The lowest BCUT2D eigenvalue weighted by Crippen LogP contribution is -2.52. The summed E-state index contributed by atoms with van der Waals surface area (Å²) in [5, 5.41) is 6.43. The van der Waals surface area contributed by atoms with Crippen LogP contribution in [0.3, 0.4) is 0 Å². The molecule has 1 saturated heterocycles. The average Bonchev–Trinajstić information content (AvgIpc) is 3.07. The molecule has 1 aromatic carbocycles. The van der Waals surface area contributed by atoms with E-state index in [1.807, 2.05) is 13.8 Å². The number of likely N-dealkylation sites (tertiary alicyclic amines) is 1. The molecule has 3 N–H and O–H groups in total. The lowest BCUT2D eigenvalue weighted by Gasteiger charge is -2.26. The molecule has 0 bridgehead atoms. The number of sulfonamides is 1. The number of hydrogen-bond acceptors (Lipinski definition) is 4. The fraction of sp³-hybridized carbons (Fsp3) is 0.632. The normalized spacial score (nSPS) is 15.9. The summed E-state index contributed by atoms with van der Waals surface area (Å²) in [6, 6.07) is 8.65. The second kappa shape index (κ2) is 11.3. The van der Waals surface area contributed by atoms with Crippen LogP contribution in [0.5, 0.6) is 0 Å². The van der Waals surface area contributed by atoms with Crippen LogP contribution in [0, 0.1) is 0 Å². The lowest BCUT2D eigenvalue weighted by molar-refractivity contribution is 0.331. The van der Waals surface area contributed by atoms with Crippen LogP contribution in [0.2, 0.25) is 0 Å². The summed E-state index contributed by atoms with van der Waals surface area (Å²) in [7, 11) is -1.56. The number of rotatable bonds is 8. The second-order valence-corrected chi connectivity index (χ2v) is 9.59. The summed E-state index contributed by atoms with van der Waals surface area (Å²) >= 11 is 0. The van der Waals surface area contributed by atoms with Crippen molar-refractivity contribution in [2.45, 2.75) is 45.3 Å². The van der Waals surface area contributed by atoms with Crippen LogP contribution in [0.25, 0.3) is 0 Å². The number of benzene rings is 1. The third kappa shape index (κ3) is 9.53. The standard InChI is InChI=1S/C19H33N5O2S.HI/c1-19(2,23-27(4,25)26)15-22-18(20-3)21-13-16-7-9-17(10-8-16)14-24-11-5-6-12-24;/h7-10,23H,5-6,11-15H2,1-4H3,(H2,20,21,22);1H. The summed E-state index contributed by atoms with van der Waals surface area (Å²) in [6.45, 7) is 8.17. The van der Waals surface area contributed by atoms with Crippen LogP contribution < -0.4 is 15.4 Å². The summed E-state index contributed by atoms with van der Waals surface area (Å²) in [4.78, 5) is 6.69. The highest BCUT2D eigenvalue weighted by atomic mass is 127. The Kier molecular flexibility index (Phi) is 10.2. The van der Waals surface area contributed by atoms with Gasteiger partial charge in [0.1, 0.15) is 0 Å². The zero-order valence-corrected chi connectivity index (χ0v) is 20.4. The van der Waals surface area contributed by atoms with Crippen LogP contribution in [0.15, 0.2) is 29.3 Å². The molecule has 0 amide bonds. The highest BCUT2D eigenvalue weighted by Gasteiger charge is 2.22. The monoisotopic (exact) mass is 523 g/mol. The van der Waals surface area contributed by atoms with Crippen molar-refractivity contribution >= 4 is 40.0 Å². The first-order valence-electron chi connectivity index (χ1n) is 9.40. The molecule has 0 aromatic heterocycles. The van der Waals surface area contributed by atoms with Crippen molar-refractivity contribution in [1.82, 2.24) is 20.3 Å². The van der Waals surface area contributed by atoms with E-state index in [0.717, 1.165) is 12.8 Å². The predicted molar refractivity (Wildman–Crippen MR) is 127 cm³/mol. The molecular weight excluding hydrogens is 489 g/mol. The molecule has 1 fully saturated rings. The number of halogens is 1. The van der Waals surface area contributed by atoms with Crippen LogP contribution >= 0.6 is 24.0 Å². The number of aliphatic imine (C=N–C) groups is 1. The first kappa shape index (κ1) is 25.1. The smallest absolute Gasteiger partial charge is 0.209 e. The molecular formula is C19H34IN5O2S. The minimum Gasteiger partial charge on any atom is -0.355 e. The van der Waals surface area contributed by atoms with Crippen LogP contribution in [0.1, 0.15) is 37.8 Å². The van der Waals surface area contributed by atoms with Crippen molar-refractivity contribution in [3.8, 4) is 0 Å². The molecule has 0 saturated carbocycles. The van der Waals surface area contributed by atoms with Crippen molar-refractivity contribution in [3.05, 3.63) is 35.4 Å². The van der Waals surface area contributed by atoms with Gasteiger partial charge in [-0.3, -0.25) is 9.89 Å². The van der Waals surface area contributed by atoms with E-state index >= 15 is 0 Å². The number of nitrogens with one attached hydrogen (secondary N) is 3. The third-order valence-corrected chi connectivity index (χ3v) is 5.39. The van der Waals surface area contributed by atoms with Crippen molar-refractivity contribution in [2.75, 3.05) is 32.9 Å². The average molecular weight is 523 g/mol. The van der Waals surface area contributed by atoms with Crippen molar-refractivity contribution in [2.24, 2.45) is 4.99 Å². The van der Waals surface area contributed by atoms with Gasteiger partial charge in [-0.05, 0) is 50.9 Å². The van der Waals surface area contributed by atoms with E-state index in [1.165, 1.54) is 37.1 Å². The molecule has 1 aliphatic heterocycles. The molecule has 160 valence electrons. The van der Waals surface area contributed by atoms with E-state index in [4.69, 9.17) is 0 Å². The van der Waals surface area contributed by atoms with Crippen LogP contribution in [-0.2, 0) is 23.1 Å². The van der Waals surface area contributed by atoms with E-state index in [0.29, 0.717) is 19.0 Å². The van der Waals surface area contributed by atoms with Crippen LogP contribution in [0.4, 0.5) is 0 Å². The predicted octanol–water partition coefficient (Wildman–Crippen LogP) is 1.89. The van der Waals surface area contributed by atoms with Crippen molar-refractivity contribution in [3.63, 3.8) is 0 Å². The molecule has 1 heterocycles. The van der Waals surface area contributed by atoms with Gasteiger partial charge in [-0.25, -0.2) is 13.1 Å². The van der Waals surface area contributed by atoms with Gasteiger partial charge in [0.05, 0.1) is 6.26 Å². The zero-order valence-electron chi connectivity index (χ0n) is 17.3.